The van der Waals surface area contributed by atoms with E-state index in [1.807, 2.05) is 30.4 Å². The normalized spacial score (nSPS) is 13.3. The van der Waals surface area contributed by atoms with Gasteiger partial charge in [-0.3, -0.25) is 0 Å². The van der Waals surface area contributed by atoms with Crippen molar-refractivity contribution in [3.63, 3.8) is 0 Å². The maximum absolute atomic E-state index is 5.57. The molecule has 2 aromatic heterocycles. The van der Waals surface area contributed by atoms with Crippen molar-refractivity contribution in [2.45, 2.75) is 32.7 Å². The minimum atomic E-state index is 0.660. The summed E-state index contributed by atoms with van der Waals surface area (Å²) in [5.74, 6) is 1.66. The van der Waals surface area contributed by atoms with E-state index in [0.29, 0.717) is 6.61 Å². The first-order valence-electron chi connectivity index (χ1n) is 6.79. The van der Waals surface area contributed by atoms with Crippen LogP contribution in [0.1, 0.15) is 28.7 Å². The van der Waals surface area contributed by atoms with Crippen LogP contribution < -0.4 is 10.1 Å². The average molecular weight is 274 g/mol. The van der Waals surface area contributed by atoms with Crippen LogP contribution in [0.2, 0.25) is 0 Å². The van der Waals surface area contributed by atoms with Gasteiger partial charge in [0.15, 0.2) is 11.6 Å². The Morgan fingerprint density at radius 3 is 3.21 bits per heavy atom. The molecule has 0 saturated carbocycles. The Kier molecular flexibility index (Phi) is 3.69. The Balaban J connectivity index is 1.68. The number of hydrogen-bond donors (Lipinski definition) is 1. The fourth-order valence-electron chi connectivity index (χ4n) is 2.44. The number of thiophene rings is 1. The van der Waals surface area contributed by atoms with Gasteiger partial charge in [-0.15, -0.1) is 11.3 Å². The standard InChI is InChI=1S/C15H18N2OS/c1-2-18-13-6-4-8-16-15(13)17-10-12-9-11-5-3-7-14(11)19-12/h4,6,8-9H,2-3,5,7,10H2,1H3,(H,16,17). The molecule has 1 aliphatic carbocycles. The molecule has 2 heterocycles. The molecule has 19 heavy (non-hydrogen) atoms. The van der Waals surface area contributed by atoms with E-state index in [4.69, 9.17) is 4.74 Å². The molecule has 0 spiro atoms. The topological polar surface area (TPSA) is 34.1 Å². The first-order chi connectivity index (χ1) is 9.36. The SMILES string of the molecule is CCOc1cccnc1NCc1cc2c(s1)CCC2. The van der Waals surface area contributed by atoms with Gasteiger partial charge >= 0.3 is 0 Å². The van der Waals surface area contributed by atoms with Gasteiger partial charge in [-0.25, -0.2) is 4.98 Å². The largest absolute Gasteiger partial charge is 0.490 e. The molecule has 0 bridgehead atoms. The minimum Gasteiger partial charge on any atom is -0.490 e. The number of anilines is 1. The zero-order valence-corrected chi connectivity index (χ0v) is 11.9. The Bertz CT molecular complexity index is 544. The fraction of sp³-hybridized carbons (Fsp3) is 0.400. The maximum atomic E-state index is 5.57. The highest BCUT2D eigenvalue weighted by Gasteiger charge is 2.14. The average Bonchev–Trinajstić information content (AvgIpc) is 2.99. The van der Waals surface area contributed by atoms with Gasteiger partial charge in [-0.1, -0.05) is 0 Å². The number of aryl methyl sites for hydroxylation is 2. The van der Waals surface area contributed by atoms with Crippen LogP contribution in [-0.2, 0) is 19.4 Å². The molecule has 1 N–H and O–H groups in total. The molecular formula is C15H18N2OS. The van der Waals surface area contributed by atoms with E-state index in [1.54, 1.807) is 16.6 Å². The summed E-state index contributed by atoms with van der Waals surface area (Å²) in [5, 5.41) is 3.38. The first-order valence-corrected chi connectivity index (χ1v) is 7.60. The summed E-state index contributed by atoms with van der Waals surface area (Å²) in [5.41, 5.74) is 1.55. The lowest BCUT2D eigenvalue weighted by Crippen LogP contribution is -2.03. The molecule has 0 aromatic carbocycles. The third-order valence-electron chi connectivity index (χ3n) is 3.30. The summed E-state index contributed by atoms with van der Waals surface area (Å²) < 4.78 is 5.57. The molecule has 0 amide bonds. The van der Waals surface area contributed by atoms with Gasteiger partial charge in [0.05, 0.1) is 13.2 Å². The molecule has 0 atom stereocenters. The van der Waals surface area contributed by atoms with Crippen LogP contribution in [0.5, 0.6) is 5.75 Å². The Morgan fingerprint density at radius 1 is 1.42 bits per heavy atom. The number of rotatable bonds is 5. The van der Waals surface area contributed by atoms with E-state index in [0.717, 1.165) is 18.1 Å². The second kappa shape index (κ2) is 5.61. The Hall–Kier alpha value is -1.55. The van der Waals surface area contributed by atoms with E-state index in [1.165, 1.54) is 24.1 Å². The van der Waals surface area contributed by atoms with Crippen LogP contribution in [0.25, 0.3) is 0 Å². The zero-order chi connectivity index (χ0) is 13.1. The lowest BCUT2D eigenvalue weighted by molar-refractivity contribution is 0.340. The fourth-order valence-corrected chi connectivity index (χ4v) is 3.64. The molecule has 3 nitrogen and oxygen atoms in total. The summed E-state index contributed by atoms with van der Waals surface area (Å²) >= 11 is 1.93. The summed E-state index contributed by atoms with van der Waals surface area (Å²) in [4.78, 5) is 7.30. The second-order valence-corrected chi connectivity index (χ2v) is 5.87. The van der Waals surface area contributed by atoms with E-state index >= 15 is 0 Å². The van der Waals surface area contributed by atoms with Crippen molar-refractivity contribution in [3.8, 4) is 5.75 Å². The zero-order valence-electron chi connectivity index (χ0n) is 11.1. The van der Waals surface area contributed by atoms with Crippen molar-refractivity contribution in [2.75, 3.05) is 11.9 Å². The molecule has 0 fully saturated rings. The third kappa shape index (κ3) is 2.73. The monoisotopic (exact) mass is 274 g/mol. The molecular weight excluding hydrogens is 256 g/mol. The highest BCUT2D eigenvalue weighted by Crippen LogP contribution is 2.31. The molecule has 4 heteroatoms. The van der Waals surface area contributed by atoms with Crippen molar-refractivity contribution in [2.24, 2.45) is 0 Å². The van der Waals surface area contributed by atoms with Gasteiger partial charge in [-0.05, 0) is 49.9 Å². The molecule has 3 rings (SSSR count). The lowest BCUT2D eigenvalue weighted by atomic mass is 10.2. The molecule has 2 aromatic rings. The van der Waals surface area contributed by atoms with Crippen LogP contribution >= 0.6 is 11.3 Å². The lowest BCUT2D eigenvalue weighted by Gasteiger charge is -2.10. The highest BCUT2D eigenvalue weighted by molar-refractivity contribution is 7.12. The summed E-state index contributed by atoms with van der Waals surface area (Å²) in [6.45, 7) is 3.48. The van der Waals surface area contributed by atoms with Crippen molar-refractivity contribution < 1.29 is 4.74 Å². The number of pyridine rings is 1. The van der Waals surface area contributed by atoms with E-state index in [9.17, 15) is 0 Å². The van der Waals surface area contributed by atoms with Gasteiger partial charge in [0.25, 0.3) is 0 Å². The molecule has 100 valence electrons. The van der Waals surface area contributed by atoms with Crippen molar-refractivity contribution in [1.29, 1.82) is 0 Å². The molecule has 0 unspecified atom stereocenters. The minimum absolute atomic E-state index is 0.660. The van der Waals surface area contributed by atoms with Gasteiger partial charge in [-0.2, -0.15) is 0 Å². The number of nitrogens with one attached hydrogen (secondary N) is 1. The molecule has 0 aliphatic heterocycles. The quantitative estimate of drug-likeness (QED) is 0.904. The smallest absolute Gasteiger partial charge is 0.169 e. The van der Waals surface area contributed by atoms with Crippen LogP contribution in [0.4, 0.5) is 5.82 Å². The Morgan fingerprint density at radius 2 is 2.37 bits per heavy atom. The van der Waals surface area contributed by atoms with Gasteiger partial charge in [0, 0.05) is 16.0 Å². The van der Waals surface area contributed by atoms with E-state index in [-0.39, 0.29) is 0 Å². The number of fused-ring (bicyclic) bond motifs is 1. The van der Waals surface area contributed by atoms with Crippen molar-refractivity contribution in [3.05, 3.63) is 39.7 Å². The second-order valence-electron chi connectivity index (χ2n) is 4.65. The molecule has 0 saturated heterocycles. The summed E-state index contributed by atoms with van der Waals surface area (Å²) in [6, 6.07) is 6.19. The predicted molar refractivity (Wildman–Crippen MR) is 79.1 cm³/mol. The van der Waals surface area contributed by atoms with Crippen LogP contribution in [0.3, 0.4) is 0 Å². The first kappa shape index (κ1) is 12.5. The Labute approximate surface area is 117 Å². The van der Waals surface area contributed by atoms with E-state index < -0.39 is 0 Å². The van der Waals surface area contributed by atoms with Gasteiger partial charge in [0.1, 0.15) is 0 Å². The molecule has 0 radical (unpaired) electrons. The van der Waals surface area contributed by atoms with Crippen molar-refractivity contribution in [1.82, 2.24) is 4.98 Å². The predicted octanol–water partition coefficient (Wildman–Crippen LogP) is 3.64. The number of nitrogens with zero attached hydrogens (tertiary/aromatic N) is 1. The number of ether oxygens (including phenoxy) is 1. The summed E-state index contributed by atoms with van der Waals surface area (Å²) in [6.07, 6.45) is 5.62. The number of aromatic nitrogens is 1. The third-order valence-corrected chi connectivity index (χ3v) is 4.54. The highest BCUT2D eigenvalue weighted by atomic mass is 32.1. The van der Waals surface area contributed by atoms with Crippen LogP contribution in [-0.4, -0.2) is 11.6 Å². The van der Waals surface area contributed by atoms with Crippen molar-refractivity contribution >= 4 is 17.2 Å². The van der Waals surface area contributed by atoms with Crippen LogP contribution in [0, 0.1) is 0 Å². The van der Waals surface area contributed by atoms with Gasteiger partial charge < -0.3 is 10.1 Å². The van der Waals surface area contributed by atoms with Crippen LogP contribution in [0.15, 0.2) is 24.4 Å². The van der Waals surface area contributed by atoms with Gasteiger partial charge in [0.2, 0.25) is 0 Å². The summed E-state index contributed by atoms with van der Waals surface area (Å²) in [7, 11) is 0. The maximum Gasteiger partial charge on any atom is 0.169 e. The molecule has 1 aliphatic rings. The number of hydrogen-bond acceptors (Lipinski definition) is 4. The van der Waals surface area contributed by atoms with E-state index in [2.05, 4.69) is 16.4 Å².